The monoisotopic (exact) mass is 338 g/mol. The number of carbonyl (C=O) groups is 2. The first-order valence-electron chi connectivity index (χ1n) is 7.76. The molecule has 2 N–H and O–H groups in total. The summed E-state index contributed by atoms with van der Waals surface area (Å²) in [4.78, 5) is 22.9. The van der Waals surface area contributed by atoms with Gasteiger partial charge in [-0.3, -0.25) is 9.59 Å². The molecule has 0 saturated heterocycles. The van der Waals surface area contributed by atoms with Crippen molar-refractivity contribution in [3.63, 3.8) is 0 Å². The normalized spacial score (nSPS) is 12.6. The van der Waals surface area contributed by atoms with Gasteiger partial charge >= 0.3 is 0 Å². The molecular weight excluding hydrogens is 316 g/mol. The van der Waals surface area contributed by atoms with E-state index in [1.807, 2.05) is 0 Å². The molecule has 0 aromatic heterocycles. The highest BCUT2D eigenvalue weighted by molar-refractivity contribution is 7.81. The zero-order valence-electron chi connectivity index (χ0n) is 13.0. The van der Waals surface area contributed by atoms with Crippen molar-refractivity contribution in [1.29, 1.82) is 0 Å². The molecule has 0 atom stereocenters. The maximum Gasteiger partial charge on any atom is 0.229 e. The number of hydrogen-bond donors (Lipinski definition) is 3. The third kappa shape index (κ3) is 6.02. The van der Waals surface area contributed by atoms with Crippen LogP contribution in [0.25, 0.3) is 0 Å². The molecule has 6 nitrogen and oxygen atoms in total. The predicted molar refractivity (Wildman–Crippen MR) is 91.4 cm³/mol. The fraction of sp³-hybridized carbons (Fsp3) is 0.500. The first-order valence-corrected chi connectivity index (χ1v) is 8.39. The topological polar surface area (TPSA) is 76.7 Å². The van der Waals surface area contributed by atoms with Gasteiger partial charge in [0.15, 0.2) is 11.5 Å². The maximum absolute atomic E-state index is 11.9. The van der Waals surface area contributed by atoms with E-state index >= 15 is 0 Å². The van der Waals surface area contributed by atoms with Gasteiger partial charge in [-0.1, -0.05) is 6.42 Å². The van der Waals surface area contributed by atoms with Crippen molar-refractivity contribution in [2.45, 2.75) is 25.7 Å². The molecule has 2 rings (SSSR count). The summed E-state index contributed by atoms with van der Waals surface area (Å²) in [6, 6.07) is 5.38. The molecule has 1 aromatic carbocycles. The van der Waals surface area contributed by atoms with E-state index in [9.17, 15) is 9.59 Å². The van der Waals surface area contributed by atoms with Gasteiger partial charge in [0.05, 0.1) is 5.75 Å². The van der Waals surface area contributed by atoms with Crippen LogP contribution in [0, 0.1) is 0 Å². The van der Waals surface area contributed by atoms with E-state index in [1.165, 1.54) is 0 Å². The fourth-order valence-corrected chi connectivity index (χ4v) is 2.33. The van der Waals surface area contributed by atoms with Crippen molar-refractivity contribution < 1.29 is 19.1 Å². The highest BCUT2D eigenvalue weighted by Gasteiger charge is 2.12. The van der Waals surface area contributed by atoms with Crippen LogP contribution < -0.4 is 20.1 Å². The van der Waals surface area contributed by atoms with Gasteiger partial charge in [-0.25, -0.2) is 0 Å². The second-order valence-electron chi connectivity index (χ2n) is 5.23. The van der Waals surface area contributed by atoms with Crippen LogP contribution in [-0.4, -0.2) is 37.3 Å². The molecule has 0 unspecified atom stereocenters. The molecule has 23 heavy (non-hydrogen) atoms. The lowest BCUT2D eigenvalue weighted by Crippen LogP contribution is -2.25. The highest BCUT2D eigenvalue weighted by Crippen LogP contribution is 2.32. The second-order valence-corrected chi connectivity index (χ2v) is 5.54. The van der Waals surface area contributed by atoms with E-state index in [2.05, 4.69) is 23.3 Å². The van der Waals surface area contributed by atoms with Crippen molar-refractivity contribution in [2.24, 2.45) is 0 Å². The SMILES string of the molecule is O=C(CS)NCCCCCC(=O)Nc1ccc2c(c1)OCCO2. The third-order valence-electron chi connectivity index (χ3n) is 3.37. The molecule has 1 aromatic rings. The Bertz CT molecular complexity index is 551. The van der Waals surface area contributed by atoms with E-state index in [1.54, 1.807) is 18.2 Å². The Kier molecular flexibility index (Phi) is 7.06. The number of nitrogens with one attached hydrogen (secondary N) is 2. The largest absolute Gasteiger partial charge is 0.486 e. The van der Waals surface area contributed by atoms with Crippen LogP contribution in [0.5, 0.6) is 11.5 Å². The van der Waals surface area contributed by atoms with E-state index in [4.69, 9.17) is 9.47 Å². The summed E-state index contributed by atoms with van der Waals surface area (Å²) in [5.41, 5.74) is 0.709. The number of amides is 2. The van der Waals surface area contributed by atoms with Crippen LogP contribution in [-0.2, 0) is 9.59 Å². The van der Waals surface area contributed by atoms with Gasteiger partial charge in [-0.2, -0.15) is 12.6 Å². The molecule has 0 bridgehead atoms. The van der Waals surface area contributed by atoms with Crippen LogP contribution in [0.2, 0.25) is 0 Å². The lowest BCUT2D eigenvalue weighted by molar-refractivity contribution is -0.118. The summed E-state index contributed by atoms with van der Waals surface area (Å²) >= 11 is 3.88. The third-order valence-corrected chi connectivity index (χ3v) is 3.66. The Morgan fingerprint density at radius 1 is 1.04 bits per heavy atom. The summed E-state index contributed by atoms with van der Waals surface area (Å²) in [5.74, 6) is 1.48. The summed E-state index contributed by atoms with van der Waals surface area (Å²) in [7, 11) is 0. The minimum atomic E-state index is -0.0651. The molecular formula is C16H22N2O4S. The van der Waals surface area contributed by atoms with Gasteiger partial charge < -0.3 is 20.1 Å². The molecule has 1 aliphatic heterocycles. The number of fused-ring (bicyclic) bond motifs is 1. The number of benzene rings is 1. The molecule has 0 spiro atoms. The number of hydrogen-bond acceptors (Lipinski definition) is 5. The van der Waals surface area contributed by atoms with Gasteiger partial charge in [0.2, 0.25) is 11.8 Å². The van der Waals surface area contributed by atoms with Gasteiger partial charge in [-0.05, 0) is 25.0 Å². The summed E-state index contributed by atoms with van der Waals surface area (Å²) in [6.45, 7) is 1.70. The quantitative estimate of drug-likeness (QED) is 0.500. The molecule has 0 saturated carbocycles. The van der Waals surface area contributed by atoms with Crippen LogP contribution in [0.3, 0.4) is 0 Å². The van der Waals surface area contributed by atoms with Gasteiger partial charge in [0.1, 0.15) is 13.2 Å². The Morgan fingerprint density at radius 3 is 2.61 bits per heavy atom. The molecule has 1 heterocycles. The minimum Gasteiger partial charge on any atom is -0.486 e. The second kappa shape index (κ2) is 9.29. The average Bonchev–Trinajstić information content (AvgIpc) is 2.57. The first-order chi connectivity index (χ1) is 11.2. The molecule has 0 radical (unpaired) electrons. The lowest BCUT2D eigenvalue weighted by atomic mass is 10.2. The van der Waals surface area contributed by atoms with Crippen LogP contribution in [0.1, 0.15) is 25.7 Å². The van der Waals surface area contributed by atoms with Crippen molar-refractivity contribution in [2.75, 3.05) is 30.8 Å². The number of unbranched alkanes of at least 4 members (excludes halogenated alkanes) is 2. The zero-order chi connectivity index (χ0) is 16.5. The number of anilines is 1. The van der Waals surface area contributed by atoms with Crippen LogP contribution in [0.4, 0.5) is 5.69 Å². The Balaban J connectivity index is 1.64. The van der Waals surface area contributed by atoms with E-state index < -0.39 is 0 Å². The van der Waals surface area contributed by atoms with E-state index in [0.717, 1.165) is 19.3 Å². The van der Waals surface area contributed by atoms with Crippen molar-refractivity contribution in [1.82, 2.24) is 5.32 Å². The van der Waals surface area contributed by atoms with Gasteiger partial charge in [0, 0.05) is 24.7 Å². The molecule has 0 aliphatic carbocycles. The standard InChI is InChI=1S/C16H22N2O4S/c19-15(4-2-1-3-7-17-16(20)11-23)18-12-5-6-13-14(10-12)22-9-8-21-13/h5-6,10,23H,1-4,7-9,11H2,(H,17,20)(H,18,19). The zero-order valence-corrected chi connectivity index (χ0v) is 13.9. The molecule has 126 valence electrons. The van der Waals surface area contributed by atoms with Crippen LogP contribution in [0.15, 0.2) is 18.2 Å². The Labute approximate surface area is 141 Å². The highest BCUT2D eigenvalue weighted by atomic mass is 32.1. The molecule has 1 aliphatic rings. The van der Waals surface area contributed by atoms with Crippen molar-refractivity contribution in [3.05, 3.63) is 18.2 Å². The number of rotatable bonds is 8. The Hall–Kier alpha value is -1.89. The number of carbonyl (C=O) groups excluding carboxylic acids is 2. The van der Waals surface area contributed by atoms with Gasteiger partial charge in [-0.15, -0.1) is 0 Å². The summed E-state index contributed by atoms with van der Waals surface area (Å²) in [6.07, 6.45) is 2.99. The molecule has 7 heteroatoms. The molecule has 0 fully saturated rings. The van der Waals surface area contributed by atoms with E-state index in [-0.39, 0.29) is 17.6 Å². The number of thiol groups is 1. The van der Waals surface area contributed by atoms with E-state index in [0.29, 0.717) is 43.4 Å². The lowest BCUT2D eigenvalue weighted by Gasteiger charge is -2.19. The van der Waals surface area contributed by atoms with Crippen LogP contribution >= 0.6 is 12.6 Å². The van der Waals surface area contributed by atoms with Crippen molar-refractivity contribution >= 4 is 30.1 Å². The predicted octanol–water partition coefficient (Wildman–Crippen LogP) is 2.00. The fourth-order valence-electron chi connectivity index (χ4n) is 2.22. The average molecular weight is 338 g/mol. The minimum absolute atomic E-state index is 0.0268. The summed E-state index contributed by atoms with van der Waals surface area (Å²) in [5, 5.41) is 5.60. The number of ether oxygens (including phenoxy) is 2. The molecule has 2 amide bonds. The smallest absolute Gasteiger partial charge is 0.229 e. The Morgan fingerprint density at radius 2 is 1.83 bits per heavy atom. The maximum atomic E-state index is 11.9. The first kappa shape index (κ1) is 17.5. The van der Waals surface area contributed by atoms with Gasteiger partial charge in [0.25, 0.3) is 0 Å². The van der Waals surface area contributed by atoms with Crippen molar-refractivity contribution in [3.8, 4) is 11.5 Å². The summed E-state index contributed by atoms with van der Waals surface area (Å²) < 4.78 is 10.9.